The summed E-state index contributed by atoms with van der Waals surface area (Å²) in [6, 6.07) is 6.41. The van der Waals surface area contributed by atoms with Crippen molar-refractivity contribution in [2.24, 2.45) is 0 Å². The average molecular weight is 234 g/mol. The molecule has 0 aliphatic rings. The number of fused-ring (bicyclic) bond motifs is 1. The summed E-state index contributed by atoms with van der Waals surface area (Å²) in [6.07, 6.45) is 3.78. The molecule has 1 heterocycles. The van der Waals surface area contributed by atoms with Crippen molar-refractivity contribution in [3.63, 3.8) is 0 Å². The van der Waals surface area contributed by atoms with Gasteiger partial charge in [-0.25, -0.2) is 4.98 Å². The van der Waals surface area contributed by atoms with Crippen LogP contribution >= 0.6 is 11.3 Å². The maximum atomic E-state index is 4.56. The monoisotopic (exact) mass is 234 g/mol. The number of hydrogen-bond acceptors (Lipinski definition) is 3. The highest BCUT2D eigenvalue weighted by Crippen LogP contribution is 2.26. The molecule has 16 heavy (non-hydrogen) atoms. The molecule has 1 N–H and O–H groups in total. The van der Waals surface area contributed by atoms with Crippen molar-refractivity contribution in [2.45, 2.75) is 33.1 Å². The summed E-state index contributed by atoms with van der Waals surface area (Å²) in [5, 5.41) is 4.45. The summed E-state index contributed by atoms with van der Waals surface area (Å²) in [4.78, 5) is 4.56. The van der Waals surface area contributed by atoms with Crippen LogP contribution in [-0.2, 0) is 0 Å². The second kappa shape index (κ2) is 5.30. The molecule has 0 aliphatic carbocycles. The molecule has 0 atom stereocenters. The first-order valence-electron chi connectivity index (χ1n) is 5.90. The molecule has 2 aromatic rings. The molecule has 86 valence electrons. The molecular weight excluding hydrogens is 216 g/mol. The van der Waals surface area contributed by atoms with Crippen LogP contribution in [0.3, 0.4) is 0 Å². The minimum atomic E-state index is 1.03. The molecule has 0 bridgehead atoms. The quantitative estimate of drug-likeness (QED) is 0.784. The van der Waals surface area contributed by atoms with Gasteiger partial charge in [0, 0.05) is 6.54 Å². The van der Waals surface area contributed by atoms with Crippen LogP contribution in [0.2, 0.25) is 0 Å². The Morgan fingerprint density at radius 3 is 3.00 bits per heavy atom. The van der Waals surface area contributed by atoms with Gasteiger partial charge in [-0.05, 0) is 31.0 Å². The lowest BCUT2D eigenvalue weighted by atomic mass is 10.2. The number of hydrogen-bond donors (Lipinski definition) is 1. The topological polar surface area (TPSA) is 24.9 Å². The highest BCUT2D eigenvalue weighted by atomic mass is 32.1. The van der Waals surface area contributed by atoms with Gasteiger partial charge in [-0.3, -0.25) is 0 Å². The first kappa shape index (κ1) is 11.4. The van der Waals surface area contributed by atoms with Crippen LogP contribution in [0.1, 0.15) is 31.7 Å². The van der Waals surface area contributed by atoms with Gasteiger partial charge in [0.2, 0.25) is 0 Å². The van der Waals surface area contributed by atoms with E-state index in [2.05, 4.69) is 42.3 Å². The molecule has 0 aliphatic heterocycles. The number of unbranched alkanes of at least 4 members (excludes halogenated alkanes) is 2. The fourth-order valence-electron chi connectivity index (χ4n) is 1.68. The Morgan fingerprint density at radius 2 is 2.19 bits per heavy atom. The van der Waals surface area contributed by atoms with Gasteiger partial charge in [-0.1, -0.05) is 37.2 Å². The first-order chi connectivity index (χ1) is 7.79. The lowest BCUT2D eigenvalue weighted by Gasteiger charge is -1.99. The van der Waals surface area contributed by atoms with Crippen LogP contribution in [0.15, 0.2) is 18.2 Å². The van der Waals surface area contributed by atoms with Gasteiger partial charge in [-0.2, -0.15) is 0 Å². The van der Waals surface area contributed by atoms with Crippen molar-refractivity contribution in [1.29, 1.82) is 0 Å². The number of benzene rings is 1. The zero-order valence-corrected chi connectivity index (χ0v) is 10.7. The molecule has 1 aromatic carbocycles. The fraction of sp³-hybridized carbons (Fsp3) is 0.462. The van der Waals surface area contributed by atoms with Crippen LogP contribution < -0.4 is 5.32 Å². The maximum absolute atomic E-state index is 4.56. The number of nitrogens with zero attached hydrogens (tertiary/aromatic N) is 1. The number of anilines is 1. The van der Waals surface area contributed by atoms with Gasteiger partial charge >= 0.3 is 0 Å². The Bertz CT molecular complexity index is 462. The summed E-state index contributed by atoms with van der Waals surface area (Å²) in [5.41, 5.74) is 2.40. The Morgan fingerprint density at radius 1 is 1.31 bits per heavy atom. The van der Waals surface area contributed by atoms with Crippen molar-refractivity contribution in [3.8, 4) is 0 Å². The summed E-state index contributed by atoms with van der Waals surface area (Å²) in [6.45, 7) is 5.38. The zero-order valence-electron chi connectivity index (χ0n) is 9.92. The third kappa shape index (κ3) is 2.73. The fourth-order valence-corrected chi connectivity index (χ4v) is 2.67. The van der Waals surface area contributed by atoms with Gasteiger partial charge in [0.15, 0.2) is 5.13 Å². The lowest BCUT2D eigenvalue weighted by Crippen LogP contribution is -2.00. The van der Waals surface area contributed by atoms with E-state index < -0.39 is 0 Å². The third-order valence-electron chi connectivity index (χ3n) is 2.60. The largest absolute Gasteiger partial charge is 0.361 e. The van der Waals surface area contributed by atoms with Crippen molar-refractivity contribution in [2.75, 3.05) is 11.9 Å². The minimum absolute atomic E-state index is 1.03. The molecule has 0 saturated heterocycles. The predicted molar refractivity (Wildman–Crippen MR) is 72.4 cm³/mol. The van der Waals surface area contributed by atoms with Crippen molar-refractivity contribution in [1.82, 2.24) is 4.98 Å². The molecule has 0 amide bonds. The average Bonchev–Trinajstić information content (AvgIpc) is 2.66. The SMILES string of the molecule is CCCCCNc1nc2ccc(C)cc2s1. The second-order valence-corrected chi connectivity index (χ2v) is 5.15. The van der Waals surface area contributed by atoms with Crippen molar-refractivity contribution in [3.05, 3.63) is 23.8 Å². The number of aryl methyl sites for hydroxylation is 1. The summed E-state index contributed by atoms with van der Waals surface area (Å²) >= 11 is 1.75. The van der Waals surface area contributed by atoms with E-state index >= 15 is 0 Å². The van der Waals surface area contributed by atoms with Gasteiger partial charge in [-0.15, -0.1) is 0 Å². The zero-order chi connectivity index (χ0) is 11.4. The van der Waals surface area contributed by atoms with Gasteiger partial charge in [0.25, 0.3) is 0 Å². The van der Waals surface area contributed by atoms with E-state index in [1.807, 2.05) is 0 Å². The van der Waals surface area contributed by atoms with E-state index in [0.29, 0.717) is 0 Å². The molecule has 0 unspecified atom stereocenters. The molecule has 0 saturated carbocycles. The molecule has 3 heteroatoms. The Balaban J connectivity index is 2.02. The van der Waals surface area contributed by atoms with Crippen molar-refractivity contribution < 1.29 is 0 Å². The molecule has 0 radical (unpaired) electrons. The Kier molecular flexibility index (Phi) is 3.78. The number of nitrogens with one attached hydrogen (secondary N) is 1. The van der Waals surface area contributed by atoms with E-state index in [1.165, 1.54) is 29.5 Å². The molecule has 1 aromatic heterocycles. The van der Waals surface area contributed by atoms with E-state index in [0.717, 1.165) is 17.2 Å². The van der Waals surface area contributed by atoms with Crippen LogP contribution in [0, 0.1) is 6.92 Å². The minimum Gasteiger partial charge on any atom is -0.361 e. The normalized spacial score (nSPS) is 10.9. The first-order valence-corrected chi connectivity index (χ1v) is 6.72. The molecule has 2 rings (SSSR count). The highest BCUT2D eigenvalue weighted by Gasteiger charge is 2.02. The number of thiazole rings is 1. The molecular formula is C13H18N2S. The maximum Gasteiger partial charge on any atom is 0.183 e. The number of rotatable bonds is 5. The van der Waals surface area contributed by atoms with Crippen LogP contribution in [0.25, 0.3) is 10.2 Å². The van der Waals surface area contributed by atoms with E-state index in [-0.39, 0.29) is 0 Å². The van der Waals surface area contributed by atoms with Crippen LogP contribution in [0.5, 0.6) is 0 Å². The highest BCUT2D eigenvalue weighted by molar-refractivity contribution is 7.22. The molecule has 0 fully saturated rings. The third-order valence-corrected chi connectivity index (χ3v) is 3.58. The standard InChI is InChI=1S/C13H18N2S/c1-3-4-5-8-14-13-15-11-7-6-10(2)9-12(11)16-13/h6-7,9H,3-5,8H2,1-2H3,(H,14,15). The molecule has 0 spiro atoms. The smallest absolute Gasteiger partial charge is 0.183 e. The van der Waals surface area contributed by atoms with E-state index in [1.54, 1.807) is 11.3 Å². The van der Waals surface area contributed by atoms with Gasteiger partial charge in [0.05, 0.1) is 10.2 Å². The lowest BCUT2D eigenvalue weighted by molar-refractivity contribution is 0.743. The number of aromatic nitrogens is 1. The van der Waals surface area contributed by atoms with E-state index in [9.17, 15) is 0 Å². The van der Waals surface area contributed by atoms with Gasteiger partial charge in [0.1, 0.15) is 0 Å². The summed E-state index contributed by atoms with van der Waals surface area (Å²) < 4.78 is 1.28. The van der Waals surface area contributed by atoms with Gasteiger partial charge < -0.3 is 5.32 Å². The van der Waals surface area contributed by atoms with Crippen LogP contribution in [-0.4, -0.2) is 11.5 Å². The summed E-state index contributed by atoms with van der Waals surface area (Å²) in [7, 11) is 0. The second-order valence-electron chi connectivity index (χ2n) is 4.12. The van der Waals surface area contributed by atoms with Crippen molar-refractivity contribution >= 4 is 26.7 Å². The molecule has 2 nitrogen and oxygen atoms in total. The predicted octanol–water partition coefficient (Wildman–Crippen LogP) is 4.21. The Labute approximate surface area is 101 Å². The Hall–Kier alpha value is -1.09. The summed E-state index contributed by atoms with van der Waals surface area (Å²) in [5.74, 6) is 0. The van der Waals surface area contributed by atoms with E-state index in [4.69, 9.17) is 0 Å². The van der Waals surface area contributed by atoms with Crippen LogP contribution in [0.4, 0.5) is 5.13 Å².